The van der Waals surface area contributed by atoms with Crippen LogP contribution in [-0.2, 0) is 16.0 Å². The van der Waals surface area contributed by atoms with Gasteiger partial charge in [-0.25, -0.2) is 9.59 Å². The van der Waals surface area contributed by atoms with Crippen molar-refractivity contribution in [3.8, 4) is 5.75 Å². The topological polar surface area (TPSA) is 120 Å². The van der Waals surface area contributed by atoms with Gasteiger partial charge in [-0.15, -0.1) is 0 Å². The van der Waals surface area contributed by atoms with E-state index in [0.29, 0.717) is 29.3 Å². The highest BCUT2D eigenvalue weighted by atomic mass is 16.5. The maximum atomic E-state index is 12.0. The Balaban J connectivity index is 1.83. The molecule has 26 heavy (non-hydrogen) atoms. The maximum absolute atomic E-state index is 12.0. The van der Waals surface area contributed by atoms with Crippen LogP contribution in [0.3, 0.4) is 0 Å². The molecule has 0 aliphatic carbocycles. The summed E-state index contributed by atoms with van der Waals surface area (Å²) in [5.41, 5.74) is 1.12. The highest BCUT2D eigenvalue weighted by molar-refractivity contribution is 6.02. The zero-order chi connectivity index (χ0) is 19.1. The number of amides is 3. The summed E-state index contributed by atoms with van der Waals surface area (Å²) in [6, 6.07) is 5.80. The molecule has 0 aliphatic heterocycles. The number of rotatable bonds is 6. The van der Waals surface area contributed by atoms with E-state index in [0.717, 1.165) is 0 Å². The molecule has 1 heterocycles. The van der Waals surface area contributed by atoms with Gasteiger partial charge in [0, 0.05) is 5.69 Å². The van der Waals surface area contributed by atoms with Gasteiger partial charge in [0.25, 0.3) is 5.91 Å². The first-order valence-corrected chi connectivity index (χ1v) is 7.81. The highest BCUT2D eigenvalue weighted by Gasteiger charge is 2.21. The van der Waals surface area contributed by atoms with Crippen molar-refractivity contribution in [1.82, 2.24) is 10.5 Å². The minimum atomic E-state index is -0.767. The second-order valence-corrected chi connectivity index (χ2v) is 5.22. The van der Waals surface area contributed by atoms with Gasteiger partial charge in [0.1, 0.15) is 17.1 Å². The Labute approximate surface area is 149 Å². The minimum absolute atomic E-state index is 0.197. The fourth-order valence-electron chi connectivity index (χ4n) is 2.12. The molecule has 1 aromatic carbocycles. The van der Waals surface area contributed by atoms with Gasteiger partial charge in [0.05, 0.1) is 12.8 Å². The van der Waals surface area contributed by atoms with E-state index in [-0.39, 0.29) is 5.56 Å². The number of imide groups is 1. The van der Waals surface area contributed by atoms with Crippen molar-refractivity contribution in [2.45, 2.75) is 20.3 Å². The van der Waals surface area contributed by atoms with E-state index in [2.05, 4.69) is 15.8 Å². The minimum Gasteiger partial charge on any atom is -0.497 e. The number of nitrogens with one attached hydrogen (secondary N) is 2. The summed E-state index contributed by atoms with van der Waals surface area (Å²) in [6.45, 7) is 2.78. The summed E-state index contributed by atoms with van der Waals surface area (Å²) in [6.07, 6.45) is 0.484. The monoisotopic (exact) mass is 361 g/mol. The number of carbonyl (C=O) groups is 3. The number of methoxy groups -OCH3 is 1. The third kappa shape index (κ3) is 4.82. The quantitative estimate of drug-likeness (QED) is 0.756. The van der Waals surface area contributed by atoms with Crippen LogP contribution in [0, 0.1) is 6.92 Å². The predicted molar refractivity (Wildman–Crippen MR) is 91.1 cm³/mol. The molecule has 138 valence electrons. The molecular formula is C17H19N3O6. The zero-order valence-electron chi connectivity index (χ0n) is 14.6. The standard InChI is InChI=1S/C17H19N3O6/c1-4-13-15(10(2)26-20-13)16(22)25-9-14(21)19-17(23)18-11-5-7-12(24-3)8-6-11/h5-8H,4,9H2,1-3H3,(H2,18,19,21,23). The predicted octanol–water partition coefficient (Wildman–Crippen LogP) is 2.06. The molecule has 0 spiro atoms. The molecule has 2 N–H and O–H groups in total. The molecule has 9 nitrogen and oxygen atoms in total. The summed E-state index contributed by atoms with van der Waals surface area (Å²) >= 11 is 0. The Kier molecular flexibility index (Phi) is 6.31. The molecule has 9 heteroatoms. The van der Waals surface area contributed by atoms with Gasteiger partial charge >= 0.3 is 12.0 Å². The largest absolute Gasteiger partial charge is 0.497 e. The number of ether oxygens (including phenoxy) is 2. The molecular weight excluding hydrogens is 342 g/mol. The number of esters is 1. The van der Waals surface area contributed by atoms with E-state index in [1.54, 1.807) is 31.2 Å². The fraction of sp³-hybridized carbons (Fsp3) is 0.294. The number of aromatic nitrogens is 1. The summed E-state index contributed by atoms with van der Waals surface area (Å²) in [4.78, 5) is 35.5. The summed E-state index contributed by atoms with van der Waals surface area (Å²) in [7, 11) is 1.53. The van der Waals surface area contributed by atoms with E-state index in [4.69, 9.17) is 14.0 Å². The number of carbonyl (C=O) groups excluding carboxylic acids is 3. The lowest BCUT2D eigenvalue weighted by atomic mass is 10.1. The van der Waals surface area contributed by atoms with Crippen molar-refractivity contribution in [3.63, 3.8) is 0 Å². The first-order valence-electron chi connectivity index (χ1n) is 7.81. The molecule has 2 aromatic rings. The van der Waals surface area contributed by atoms with E-state index in [1.165, 1.54) is 7.11 Å². The number of nitrogens with zero attached hydrogens (tertiary/aromatic N) is 1. The molecule has 1 aromatic heterocycles. The first-order chi connectivity index (χ1) is 12.4. The van der Waals surface area contributed by atoms with Crippen LogP contribution in [0.25, 0.3) is 0 Å². The first kappa shape index (κ1) is 19.0. The van der Waals surface area contributed by atoms with Crippen LogP contribution in [-0.4, -0.2) is 36.8 Å². The molecule has 0 aliphatic rings. The molecule has 0 saturated heterocycles. The second kappa shape index (κ2) is 8.65. The van der Waals surface area contributed by atoms with Gasteiger partial charge in [0.15, 0.2) is 6.61 Å². The Bertz CT molecular complexity index is 797. The van der Waals surface area contributed by atoms with Crippen LogP contribution in [0.5, 0.6) is 5.75 Å². The van der Waals surface area contributed by atoms with Crippen LogP contribution < -0.4 is 15.4 Å². The van der Waals surface area contributed by atoms with Gasteiger partial charge in [-0.1, -0.05) is 12.1 Å². The summed E-state index contributed by atoms with van der Waals surface area (Å²) in [5, 5.41) is 8.28. The van der Waals surface area contributed by atoms with Crippen molar-refractivity contribution in [1.29, 1.82) is 0 Å². The van der Waals surface area contributed by atoms with Gasteiger partial charge in [-0.3, -0.25) is 10.1 Å². The fourth-order valence-corrected chi connectivity index (χ4v) is 2.12. The van der Waals surface area contributed by atoms with E-state index >= 15 is 0 Å². The van der Waals surface area contributed by atoms with Gasteiger partial charge in [0.2, 0.25) is 0 Å². The normalized spacial score (nSPS) is 10.1. The molecule has 2 rings (SSSR count). The maximum Gasteiger partial charge on any atom is 0.344 e. The molecule has 0 radical (unpaired) electrons. The Morgan fingerprint density at radius 2 is 1.88 bits per heavy atom. The van der Waals surface area contributed by atoms with E-state index in [9.17, 15) is 14.4 Å². The third-order valence-electron chi connectivity index (χ3n) is 3.41. The molecule has 0 unspecified atom stereocenters. The number of urea groups is 1. The van der Waals surface area contributed by atoms with Crippen molar-refractivity contribution in [2.24, 2.45) is 0 Å². The smallest absolute Gasteiger partial charge is 0.344 e. The van der Waals surface area contributed by atoms with Crippen molar-refractivity contribution < 1.29 is 28.4 Å². The van der Waals surface area contributed by atoms with E-state index in [1.807, 2.05) is 6.92 Å². The average Bonchev–Trinajstić information content (AvgIpc) is 3.01. The molecule has 0 bridgehead atoms. The van der Waals surface area contributed by atoms with Crippen LogP contribution >= 0.6 is 0 Å². The number of hydrogen-bond acceptors (Lipinski definition) is 7. The molecule has 0 saturated carbocycles. The lowest BCUT2D eigenvalue weighted by molar-refractivity contribution is -0.123. The number of hydrogen-bond donors (Lipinski definition) is 2. The Hall–Kier alpha value is -3.36. The van der Waals surface area contributed by atoms with Crippen molar-refractivity contribution >= 4 is 23.6 Å². The number of benzene rings is 1. The van der Waals surface area contributed by atoms with Crippen molar-refractivity contribution in [3.05, 3.63) is 41.3 Å². The van der Waals surface area contributed by atoms with Gasteiger partial charge in [-0.2, -0.15) is 0 Å². The average molecular weight is 361 g/mol. The summed E-state index contributed by atoms with van der Waals surface area (Å²) < 4.78 is 14.8. The molecule has 0 fully saturated rings. The van der Waals surface area contributed by atoms with Crippen molar-refractivity contribution in [2.75, 3.05) is 19.0 Å². The van der Waals surface area contributed by atoms with Crippen LogP contribution in [0.1, 0.15) is 28.7 Å². The Morgan fingerprint density at radius 3 is 2.50 bits per heavy atom. The highest BCUT2D eigenvalue weighted by Crippen LogP contribution is 2.16. The molecule has 3 amide bonds. The Morgan fingerprint density at radius 1 is 1.19 bits per heavy atom. The molecule has 0 atom stereocenters. The van der Waals surface area contributed by atoms with Crippen LogP contribution in [0.2, 0.25) is 0 Å². The van der Waals surface area contributed by atoms with Crippen LogP contribution in [0.4, 0.5) is 10.5 Å². The SMILES string of the molecule is CCc1noc(C)c1C(=O)OCC(=O)NC(=O)Nc1ccc(OC)cc1. The van der Waals surface area contributed by atoms with E-state index < -0.39 is 24.5 Å². The zero-order valence-corrected chi connectivity index (χ0v) is 14.6. The third-order valence-corrected chi connectivity index (χ3v) is 3.41. The van der Waals surface area contributed by atoms with Gasteiger partial charge in [-0.05, 0) is 37.6 Å². The lowest BCUT2D eigenvalue weighted by Crippen LogP contribution is -2.37. The number of anilines is 1. The number of aryl methyl sites for hydroxylation is 2. The second-order valence-electron chi connectivity index (χ2n) is 5.22. The van der Waals surface area contributed by atoms with Crippen LogP contribution in [0.15, 0.2) is 28.8 Å². The lowest BCUT2D eigenvalue weighted by Gasteiger charge is -2.08. The van der Waals surface area contributed by atoms with Gasteiger partial charge < -0.3 is 19.3 Å². The summed E-state index contributed by atoms with van der Waals surface area (Å²) in [5.74, 6) is -0.554.